The number of rotatable bonds is 6. The summed E-state index contributed by atoms with van der Waals surface area (Å²) < 4.78 is 0. The van der Waals surface area contributed by atoms with Gasteiger partial charge in [-0.15, -0.1) is 0 Å². The van der Waals surface area contributed by atoms with Gasteiger partial charge in [-0.3, -0.25) is 0 Å². The maximum Gasteiger partial charge on any atom is 0.00201 e. The molecule has 1 unspecified atom stereocenters. The zero-order chi connectivity index (χ0) is 16.7. The zero-order valence-electron chi connectivity index (χ0n) is 14.4. The number of hydrogen-bond donors (Lipinski definition) is 1. The molecule has 2 aromatic carbocycles. The SMILES string of the molecule is CCC(C)c1ccccc1C/C=C(C)\C(=C/N)c1ccccc1. The van der Waals surface area contributed by atoms with E-state index in [1.54, 1.807) is 6.20 Å². The molecule has 0 fully saturated rings. The lowest BCUT2D eigenvalue weighted by molar-refractivity contribution is 0.725. The Bertz CT molecular complexity index is 680. The first-order valence-electron chi connectivity index (χ1n) is 8.39. The summed E-state index contributed by atoms with van der Waals surface area (Å²) in [5, 5.41) is 0. The summed E-state index contributed by atoms with van der Waals surface area (Å²) in [5.41, 5.74) is 12.2. The molecule has 1 atom stereocenters. The van der Waals surface area contributed by atoms with Crippen LogP contribution in [0.1, 0.15) is 49.8 Å². The van der Waals surface area contributed by atoms with E-state index in [0.717, 1.165) is 18.4 Å². The second kappa shape index (κ2) is 8.38. The molecular weight excluding hydrogens is 278 g/mol. The molecule has 23 heavy (non-hydrogen) atoms. The molecule has 0 aliphatic rings. The van der Waals surface area contributed by atoms with Gasteiger partial charge in [0.1, 0.15) is 0 Å². The van der Waals surface area contributed by atoms with Gasteiger partial charge in [0.05, 0.1) is 0 Å². The van der Waals surface area contributed by atoms with Crippen LogP contribution in [0.5, 0.6) is 0 Å². The van der Waals surface area contributed by atoms with Crippen molar-refractivity contribution in [3.8, 4) is 0 Å². The van der Waals surface area contributed by atoms with Crippen LogP contribution in [0.2, 0.25) is 0 Å². The molecule has 2 aromatic rings. The van der Waals surface area contributed by atoms with Crippen molar-refractivity contribution in [2.75, 3.05) is 0 Å². The topological polar surface area (TPSA) is 26.0 Å². The first-order chi connectivity index (χ1) is 11.2. The van der Waals surface area contributed by atoms with E-state index in [4.69, 9.17) is 5.73 Å². The van der Waals surface area contributed by atoms with Crippen molar-refractivity contribution in [1.82, 2.24) is 0 Å². The fraction of sp³-hybridized carbons (Fsp3) is 0.273. The second-order valence-corrected chi connectivity index (χ2v) is 6.05. The normalized spacial score (nSPS) is 13.9. The maximum atomic E-state index is 5.87. The van der Waals surface area contributed by atoms with Crippen molar-refractivity contribution < 1.29 is 0 Å². The highest BCUT2D eigenvalue weighted by Crippen LogP contribution is 2.25. The minimum Gasteiger partial charge on any atom is -0.404 e. The van der Waals surface area contributed by atoms with E-state index in [0.29, 0.717) is 5.92 Å². The Balaban J connectivity index is 2.23. The summed E-state index contributed by atoms with van der Waals surface area (Å²) in [5.74, 6) is 0.596. The van der Waals surface area contributed by atoms with Crippen LogP contribution >= 0.6 is 0 Å². The highest BCUT2D eigenvalue weighted by Gasteiger charge is 2.08. The Morgan fingerprint density at radius 2 is 1.70 bits per heavy atom. The van der Waals surface area contributed by atoms with Crippen LogP contribution in [-0.2, 0) is 6.42 Å². The van der Waals surface area contributed by atoms with E-state index in [9.17, 15) is 0 Å². The third-order valence-corrected chi connectivity index (χ3v) is 4.50. The van der Waals surface area contributed by atoms with Crippen molar-refractivity contribution >= 4 is 5.57 Å². The van der Waals surface area contributed by atoms with Crippen molar-refractivity contribution in [2.45, 2.75) is 39.5 Å². The lowest BCUT2D eigenvalue weighted by atomic mass is 9.91. The molecule has 0 saturated heterocycles. The van der Waals surface area contributed by atoms with Crippen molar-refractivity contribution in [3.05, 3.63) is 89.1 Å². The molecule has 0 saturated carbocycles. The highest BCUT2D eigenvalue weighted by molar-refractivity contribution is 5.78. The van der Waals surface area contributed by atoms with Gasteiger partial charge >= 0.3 is 0 Å². The monoisotopic (exact) mass is 305 g/mol. The molecule has 0 spiro atoms. The molecule has 0 radical (unpaired) electrons. The van der Waals surface area contributed by atoms with Crippen LogP contribution < -0.4 is 5.73 Å². The van der Waals surface area contributed by atoms with Crippen LogP contribution in [0.3, 0.4) is 0 Å². The molecule has 120 valence electrons. The summed E-state index contributed by atoms with van der Waals surface area (Å²) >= 11 is 0. The third-order valence-electron chi connectivity index (χ3n) is 4.50. The summed E-state index contributed by atoms with van der Waals surface area (Å²) in [6.07, 6.45) is 6.10. The van der Waals surface area contributed by atoms with Gasteiger partial charge in [0, 0.05) is 6.20 Å². The third kappa shape index (κ3) is 4.35. The van der Waals surface area contributed by atoms with E-state index in [1.807, 2.05) is 18.2 Å². The lowest BCUT2D eigenvalue weighted by Gasteiger charge is -2.14. The number of nitrogens with two attached hydrogens (primary N) is 1. The first-order valence-corrected chi connectivity index (χ1v) is 8.39. The standard InChI is InChI=1S/C22H27N/c1-4-17(2)21-13-9-8-12-20(21)15-14-18(3)22(16-23)19-10-6-5-7-11-19/h5-14,16-17H,4,15,23H2,1-3H3/b18-14-,22-16+. The lowest BCUT2D eigenvalue weighted by Crippen LogP contribution is -1.98. The molecule has 0 amide bonds. The molecule has 0 bridgehead atoms. The van der Waals surface area contributed by atoms with Crippen LogP contribution in [0.4, 0.5) is 0 Å². The van der Waals surface area contributed by atoms with E-state index in [-0.39, 0.29) is 0 Å². The van der Waals surface area contributed by atoms with Crippen LogP contribution in [0.25, 0.3) is 5.57 Å². The molecule has 1 nitrogen and oxygen atoms in total. The largest absolute Gasteiger partial charge is 0.404 e. The Labute approximate surface area is 140 Å². The molecular formula is C22H27N. The van der Waals surface area contributed by atoms with E-state index < -0.39 is 0 Å². The van der Waals surface area contributed by atoms with Gasteiger partial charge in [-0.1, -0.05) is 74.5 Å². The van der Waals surface area contributed by atoms with Crippen LogP contribution in [0.15, 0.2) is 72.4 Å². The fourth-order valence-corrected chi connectivity index (χ4v) is 2.87. The fourth-order valence-electron chi connectivity index (χ4n) is 2.87. The number of allylic oxidation sites excluding steroid dienone is 3. The van der Waals surface area contributed by atoms with Gasteiger partial charge in [0.2, 0.25) is 0 Å². The second-order valence-electron chi connectivity index (χ2n) is 6.05. The number of hydrogen-bond acceptors (Lipinski definition) is 1. The highest BCUT2D eigenvalue weighted by atomic mass is 14.5. The molecule has 0 heterocycles. The minimum absolute atomic E-state index is 0.596. The van der Waals surface area contributed by atoms with Crippen LogP contribution in [0, 0.1) is 0 Å². The predicted octanol–water partition coefficient (Wildman–Crippen LogP) is 5.69. The molecule has 0 aromatic heterocycles. The average Bonchev–Trinajstić information content (AvgIpc) is 2.61. The van der Waals surface area contributed by atoms with E-state index in [1.165, 1.54) is 22.3 Å². The van der Waals surface area contributed by atoms with Gasteiger partial charge in [-0.05, 0) is 53.5 Å². The average molecular weight is 305 g/mol. The van der Waals surface area contributed by atoms with Gasteiger partial charge in [0.15, 0.2) is 0 Å². The molecule has 0 aliphatic carbocycles. The van der Waals surface area contributed by atoms with E-state index in [2.05, 4.69) is 63.2 Å². The van der Waals surface area contributed by atoms with Crippen molar-refractivity contribution in [3.63, 3.8) is 0 Å². The Hall–Kier alpha value is -2.28. The maximum absolute atomic E-state index is 5.87. The number of benzene rings is 2. The molecule has 2 rings (SSSR count). The van der Waals surface area contributed by atoms with Crippen molar-refractivity contribution in [1.29, 1.82) is 0 Å². The van der Waals surface area contributed by atoms with Crippen molar-refractivity contribution in [2.24, 2.45) is 5.73 Å². The van der Waals surface area contributed by atoms with Gasteiger partial charge in [-0.25, -0.2) is 0 Å². The molecule has 0 aliphatic heterocycles. The smallest absolute Gasteiger partial charge is 0.00201 e. The quantitative estimate of drug-likeness (QED) is 0.682. The van der Waals surface area contributed by atoms with E-state index >= 15 is 0 Å². The Kier molecular flexibility index (Phi) is 6.22. The Morgan fingerprint density at radius 1 is 1.04 bits per heavy atom. The summed E-state index contributed by atoms with van der Waals surface area (Å²) in [4.78, 5) is 0. The zero-order valence-corrected chi connectivity index (χ0v) is 14.4. The van der Waals surface area contributed by atoms with Gasteiger partial charge in [0.25, 0.3) is 0 Å². The predicted molar refractivity (Wildman–Crippen MR) is 101 cm³/mol. The molecule has 1 heteroatoms. The van der Waals surface area contributed by atoms with Crippen LogP contribution in [-0.4, -0.2) is 0 Å². The summed E-state index contributed by atoms with van der Waals surface area (Å²) in [7, 11) is 0. The first kappa shape index (κ1) is 17.1. The summed E-state index contributed by atoms with van der Waals surface area (Å²) in [6, 6.07) is 19.1. The molecule has 2 N–H and O–H groups in total. The Morgan fingerprint density at radius 3 is 2.35 bits per heavy atom. The minimum atomic E-state index is 0.596. The van der Waals surface area contributed by atoms with Gasteiger partial charge in [-0.2, -0.15) is 0 Å². The summed E-state index contributed by atoms with van der Waals surface area (Å²) in [6.45, 7) is 6.68. The van der Waals surface area contributed by atoms with Gasteiger partial charge < -0.3 is 5.73 Å².